The summed E-state index contributed by atoms with van der Waals surface area (Å²) in [7, 11) is 1.64. The number of carbonyl (C=O) groups excluding carboxylic acids is 1. The number of ether oxygens (including phenoxy) is 1. The molecule has 1 atom stereocenters. The Morgan fingerprint density at radius 2 is 2.17 bits per heavy atom. The molecule has 1 aliphatic rings. The van der Waals surface area contributed by atoms with Gasteiger partial charge in [0.1, 0.15) is 5.75 Å². The van der Waals surface area contributed by atoms with Crippen LogP contribution in [-0.2, 0) is 24.7 Å². The summed E-state index contributed by atoms with van der Waals surface area (Å²) in [4.78, 5) is 23.7. The number of amides is 1. The number of carbonyl (C=O) groups is 1. The fraction of sp³-hybridized carbons (Fsp3) is 0.353. The molecule has 0 bridgehead atoms. The van der Waals surface area contributed by atoms with Gasteiger partial charge in [0.25, 0.3) is 11.5 Å². The SMILES string of the molecule is Cn1nc2c(cc1=O)C[C@H](NC(=O)COc1ccc(Cl)cc1)CC2. The molecule has 3 rings (SSSR count). The summed E-state index contributed by atoms with van der Waals surface area (Å²) >= 11 is 5.80. The van der Waals surface area contributed by atoms with E-state index in [1.165, 1.54) is 4.68 Å². The van der Waals surface area contributed by atoms with Gasteiger partial charge in [-0.2, -0.15) is 5.10 Å². The molecule has 0 fully saturated rings. The summed E-state index contributed by atoms with van der Waals surface area (Å²) in [6.07, 6.45) is 2.16. The Labute approximate surface area is 144 Å². The number of nitrogens with zero attached hydrogens (tertiary/aromatic N) is 2. The zero-order valence-corrected chi connectivity index (χ0v) is 14.0. The van der Waals surface area contributed by atoms with Crippen molar-refractivity contribution in [2.75, 3.05) is 6.61 Å². The molecule has 0 spiro atoms. The molecule has 1 amide bonds. The van der Waals surface area contributed by atoms with E-state index in [0.717, 1.165) is 24.1 Å². The predicted molar refractivity (Wildman–Crippen MR) is 90.4 cm³/mol. The van der Waals surface area contributed by atoms with Gasteiger partial charge in [-0.3, -0.25) is 9.59 Å². The van der Waals surface area contributed by atoms with Crippen molar-refractivity contribution in [2.45, 2.75) is 25.3 Å². The van der Waals surface area contributed by atoms with Crippen molar-refractivity contribution >= 4 is 17.5 Å². The first-order valence-corrected chi connectivity index (χ1v) is 8.13. The lowest BCUT2D eigenvalue weighted by Gasteiger charge is -2.24. The van der Waals surface area contributed by atoms with Gasteiger partial charge >= 0.3 is 0 Å². The highest BCUT2D eigenvalue weighted by Gasteiger charge is 2.22. The second-order valence-corrected chi connectivity index (χ2v) is 6.26. The topological polar surface area (TPSA) is 73.2 Å². The lowest BCUT2D eigenvalue weighted by Crippen LogP contribution is -2.42. The number of aromatic nitrogens is 2. The molecule has 1 aromatic heterocycles. The van der Waals surface area contributed by atoms with Gasteiger partial charge in [0.15, 0.2) is 6.61 Å². The number of aryl methyl sites for hydroxylation is 2. The number of hydrogen-bond donors (Lipinski definition) is 1. The van der Waals surface area contributed by atoms with Gasteiger partial charge in [0, 0.05) is 24.2 Å². The van der Waals surface area contributed by atoms with Gasteiger partial charge in [-0.05, 0) is 49.1 Å². The second kappa shape index (κ2) is 7.05. The van der Waals surface area contributed by atoms with Crippen LogP contribution in [0.3, 0.4) is 0 Å². The molecule has 0 saturated heterocycles. The Morgan fingerprint density at radius 1 is 1.42 bits per heavy atom. The number of fused-ring (bicyclic) bond motifs is 1. The van der Waals surface area contributed by atoms with Crippen LogP contribution in [0.5, 0.6) is 5.75 Å². The Morgan fingerprint density at radius 3 is 2.92 bits per heavy atom. The zero-order chi connectivity index (χ0) is 17.1. The molecular weight excluding hydrogens is 330 g/mol. The first kappa shape index (κ1) is 16.5. The van der Waals surface area contributed by atoms with Crippen molar-refractivity contribution in [1.82, 2.24) is 15.1 Å². The van der Waals surface area contributed by atoms with Crippen LogP contribution >= 0.6 is 11.6 Å². The van der Waals surface area contributed by atoms with Gasteiger partial charge in [0.2, 0.25) is 0 Å². The standard InChI is InChI=1S/C17H18ClN3O3/c1-21-17(23)9-11-8-13(4-7-15(11)20-21)19-16(22)10-24-14-5-2-12(18)3-6-14/h2-3,5-6,9,13H,4,7-8,10H2,1H3,(H,19,22)/t13-/m1/s1. The number of nitrogens with one attached hydrogen (secondary N) is 1. The van der Waals surface area contributed by atoms with E-state index in [9.17, 15) is 9.59 Å². The molecule has 126 valence electrons. The van der Waals surface area contributed by atoms with Gasteiger partial charge in [-0.15, -0.1) is 0 Å². The van der Waals surface area contributed by atoms with Crippen molar-refractivity contribution < 1.29 is 9.53 Å². The van der Waals surface area contributed by atoms with Crippen LogP contribution in [0.1, 0.15) is 17.7 Å². The molecule has 7 heteroatoms. The molecule has 0 aliphatic heterocycles. The first-order valence-electron chi connectivity index (χ1n) is 7.75. The smallest absolute Gasteiger partial charge is 0.266 e. The van der Waals surface area contributed by atoms with Gasteiger partial charge in [0.05, 0.1) is 5.69 Å². The minimum absolute atomic E-state index is 0.00674. The van der Waals surface area contributed by atoms with E-state index in [0.29, 0.717) is 17.2 Å². The van der Waals surface area contributed by atoms with Crippen molar-refractivity contribution in [1.29, 1.82) is 0 Å². The Balaban J connectivity index is 1.54. The van der Waals surface area contributed by atoms with Crippen molar-refractivity contribution in [3.8, 4) is 5.75 Å². The number of benzene rings is 1. The maximum absolute atomic E-state index is 12.0. The Kier molecular flexibility index (Phi) is 4.85. The van der Waals surface area contributed by atoms with E-state index >= 15 is 0 Å². The number of hydrogen-bond acceptors (Lipinski definition) is 4. The fourth-order valence-corrected chi connectivity index (χ4v) is 2.88. The lowest BCUT2D eigenvalue weighted by molar-refractivity contribution is -0.123. The summed E-state index contributed by atoms with van der Waals surface area (Å²) in [6.45, 7) is -0.0558. The van der Waals surface area contributed by atoms with Crippen LogP contribution in [0.4, 0.5) is 0 Å². The van der Waals surface area contributed by atoms with Crippen LogP contribution in [0.15, 0.2) is 35.1 Å². The Hall–Kier alpha value is -2.34. The quantitative estimate of drug-likeness (QED) is 0.909. The zero-order valence-electron chi connectivity index (χ0n) is 13.3. The van der Waals surface area contributed by atoms with E-state index < -0.39 is 0 Å². The summed E-state index contributed by atoms with van der Waals surface area (Å²) in [5.41, 5.74) is 1.71. The molecule has 1 aromatic carbocycles. The van der Waals surface area contributed by atoms with E-state index in [2.05, 4.69) is 10.4 Å². The van der Waals surface area contributed by atoms with Crippen LogP contribution in [0, 0.1) is 0 Å². The van der Waals surface area contributed by atoms with E-state index in [4.69, 9.17) is 16.3 Å². The molecule has 0 unspecified atom stereocenters. The van der Waals surface area contributed by atoms with E-state index in [1.807, 2.05) is 0 Å². The van der Waals surface area contributed by atoms with Crippen molar-refractivity contribution in [2.24, 2.45) is 7.05 Å². The summed E-state index contributed by atoms with van der Waals surface area (Å²) in [6, 6.07) is 8.45. The average Bonchev–Trinajstić information content (AvgIpc) is 2.56. The van der Waals surface area contributed by atoms with Crippen LogP contribution in [0.2, 0.25) is 5.02 Å². The normalized spacial score (nSPS) is 16.3. The highest BCUT2D eigenvalue weighted by Crippen LogP contribution is 2.18. The molecule has 6 nitrogen and oxygen atoms in total. The highest BCUT2D eigenvalue weighted by atomic mass is 35.5. The molecule has 1 aliphatic carbocycles. The third-order valence-corrected chi connectivity index (χ3v) is 4.25. The summed E-state index contributed by atoms with van der Waals surface area (Å²) in [5, 5.41) is 7.83. The molecule has 0 saturated carbocycles. The molecule has 2 aromatic rings. The van der Waals surface area contributed by atoms with E-state index in [-0.39, 0.29) is 24.1 Å². The monoisotopic (exact) mass is 347 g/mol. The molecule has 1 heterocycles. The predicted octanol–water partition coefficient (Wildman–Crippen LogP) is 1.49. The second-order valence-electron chi connectivity index (χ2n) is 5.83. The third-order valence-electron chi connectivity index (χ3n) is 4.00. The van der Waals surface area contributed by atoms with Gasteiger partial charge < -0.3 is 10.1 Å². The molecule has 24 heavy (non-hydrogen) atoms. The Bertz CT molecular complexity index is 802. The maximum atomic E-state index is 12.0. The summed E-state index contributed by atoms with van der Waals surface area (Å²) < 4.78 is 6.78. The van der Waals surface area contributed by atoms with Gasteiger partial charge in [-0.1, -0.05) is 11.6 Å². The number of rotatable bonds is 4. The van der Waals surface area contributed by atoms with Gasteiger partial charge in [-0.25, -0.2) is 4.68 Å². The third kappa shape index (κ3) is 3.94. The first-order chi connectivity index (χ1) is 11.5. The number of halogens is 1. The fourth-order valence-electron chi connectivity index (χ4n) is 2.76. The minimum Gasteiger partial charge on any atom is -0.484 e. The van der Waals surface area contributed by atoms with Crippen molar-refractivity contribution in [3.05, 3.63) is 57.0 Å². The molecule has 1 N–H and O–H groups in total. The largest absolute Gasteiger partial charge is 0.484 e. The average molecular weight is 348 g/mol. The molecule has 0 radical (unpaired) electrons. The van der Waals surface area contributed by atoms with Crippen LogP contribution in [-0.4, -0.2) is 28.3 Å². The highest BCUT2D eigenvalue weighted by molar-refractivity contribution is 6.30. The van der Waals surface area contributed by atoms with Crippen LogP contribution in [0.25, 0.3) is 0 Å². The van der Waals surface area contributed by atoms with Crippen molar-refractivity contribution in [3.63, 3.8) is 0 Å². The minimum atomic E-state index is -0.185. The van der Waals surface area contributed by atoms with E-state index in [1.54, 1.807) is 37.4 Å². The lowest BCUT2D eigenvalue weighted by atomic mass is 9.92. The summed E-state index contributed by atoms with van der Waals surface area (Å²) in [5.74, 6) is 0.409. The maximum Gasteiger partial charge on any atom is 0.266 e. The van der Waals surface area contributed by atoms with Crippen LogP contribution < -0.4 is 15.6 Å². The molecular formula is C17H18ClN3O3.